The summed E-state index contributed by atoms with van der Waals surface area (Å²) in [5, 5.41) is 1.60. The lowest BCUT2D eigenvalue weighted by atomic mass is 10.3. The van der Waals surface area contributed by atoms with Crippen LogP contribution >= 0.6 is 34.5 Å². The number of anilines is 1. The van der Waals surface area contributed by atoms with Crippen molar-refractivity contribution in [3.05, 3.63) is 52.5 Å². The molecule has 0 aliphatic heterocycles. The van der Waals surface area contributed by atoms with Crippen molar-refractivity contribution >= 4 is 65.6 Å². The summed E-state index contributed by atoms with van der Waals surface area (Å²) in [4.78, 5) is 21.4. The third kappa shape index (κ3) is 6.40. The maximum atomic E-state index is 13.1. The van der Waals surface area contributed by atoms with Gasteiger partial charge in [0.05, 0.1) is 20.9 Å². The number of halogens is 2. The van der Waals surface area contributed by atoms with Gasteiger partial charge in [0.2, 0.25) is 5.91 Å². The van der Waals surface area contributed by atoms with Gasteiger partial charge in [0, 0.05) is 23.0 Å². The maximum Gasteiger partial charge on any atom is 0.229 e. The minimum atomic E-state index is -3.60. The van der Waals surface area contributed by atoms with E-state index in [0.717, 1.165) is 23.2 Å². The highest BCUT2D eigenvalue weighted by Crippen LogP contribution is 2.31. The smallest absolute Gasteiger partial charge is 0.229 e. The van der Waals surface area contributed by atoms with Gasteiger partial charge in [-0.2, -0.15) is 0 Å². The SMILES string of the molecule is CN(C)CCCN(C(=O)CCS(=O)(=O)c1ccc(Cl)cc1)c1nc2ccc(Cl)cc2s1. The second kappa shape index (κ2) is 10.3. The number of aromatic nitrogens is 1. The minimum absolute atomic E-state index is 0.135. The Morgan fingerprint density at radius 3 is 2.39 bits per heavy atom. The number of carbonyl (C=O) groups is 1. The Kier molecular flexibility index (Phi) is 7.93. The van der Waals surface area contributed by atoms with Gasteiger partial charge < -0.3 is 4.90 Å². The summed E-state index contributed by atoms with van der Waals surface area (Å²) < 4.78 is 26.2. The van der Waals surface area contributed by atoms with Crippen molar-refractivity contribution in [3.8, 4) is 0 Å². The first-order chi connectivity index (χ1) is 14.7. The first-order valence-corrected chi connectivity index (χ1v) is 12.9. The molecule has 1 aromatic heterocycles. The van der Waals surface area contributed by atoms with Crippen molar-refractivity contribution < 1.29 is 13.2 Å². The van der Waals surface area contributed by atoms with Crippen LogP contribution in [0.15, 0.2) is 47.4 Å². The monoisotopic (exact) mass is 499 g/mol. The van der Waals surface area contributed by atoms with Gasteiger partial charge in [-0.25, -0.2) is 13.4 Å². The first-order valence-electron chi connectivity index (χ1n) is 9.65. The van der Waals surface area contributed by atoms with Crippen LogP contribution < -0.4 is 4.90 Å². The number of amides is 1. The third-order valence-corrected chi connectivity index (χ3v) is 7.88. The second-order valence-corrected chi connectivity index (χ2v) is 11.3. The van der Waals surface area contributed by atoms with Crippen LogP contribution in [-0.2, 0) is 14.6 Å². The normalized spacial score (nSPS) is 11.9. The molecular weight excluding hydrogens is 477 g/mol. The average molecular weight is 500 g/mol. The minimum Gasteiger partial charge on any atom is -0.309 e. The lowest BCUT2D eigenvalue weighted by Gasteiger charge is -2.21. The summed E-state index contributed by atoms with van der Waals surface area (Å²) in [6.07, 6.45) is 0.600. The van der Waals surface area contributed by atoms with E-state index in [0.29, 0.717) is 21.7 Å². The van der Waals surface area contributed by atoms with Gasteiger partial charge in [0.15, 0.2) is 15.0 Å². The molecule has 31 heavy (non-hydrogen) atoms. The molecule has 0 bridgehead atoms. The number of nitrogens with zero attached hydrogens (tertiary/aromatic N) is 3. The van der Waals surface area contributed by atoms with Crippen LogP contribution in [0.2, 0.25) is 10.0 Å². The highest BCUT2D eigenvalue weighted by molar-refractivity contribution is 7.91. The standard InChI is InChI=1S/C21H23Cl2N3O3S2/c1-25(2)11-3-12-26(21-24-18-9-6-16(23)14-19(18)30-21)20(27)10-13-31(28,29)17-7-4-15(22)5-8-17/h4-9,14H,3,10-13H2,1-2H3. The summed E-state index contributed by atoms with van der Waals surface area (Å²) in [5.74, 6) is -0.560. The molecule has 3 rings (SSSR count). The molecular formula is C21H23Cl2N3O3S2. The van der Waals surface area contributed by atoms with Crippen LogP contribution in [0.4, 0.5) is 5.13 Å². The van der Waals surface area contributed by atoms with Gasteiger partial charge in [0.25, 0.3) is 0 Å². The predicted molar refractivity (Wildman–Crippen MR) is 128 cm³/mol. The topological polar surface area (TPSA) is 70.6 Å². The van der Waals surface area contributed by atoms with E-state index in [-0.39, 0.29) is 23.0 Å². The summed E-state index contributed by atoms with van der Waals surface area (Å²) in [5.41, 5.74) is 0.753. The molecule has 0 saturated carbocycles. The fourth-order valence-electron chi connectivity index (χ4n) is 2.99. The molecule has 3 aromatic rings. The van der Waals surface area contributed by atoms with Gasteiger partial charge in [-0.15, -0.1) is 0 Å². The molecule has 10 heteroatoms. The van der Waals surface area contributed by atoms with E-state index >= 15 is 0 Å². The van der Waals surface area contributed by atoms with Crippen LogP contribution in [0.5, 0.6) is 0 Å². The number of benzene rings is 2. The molecule has 1 heterocycles. The van der Waals surface area contributed by atoms with Crippen molar-refractivity contribution in [2.24, 2.45) is 0 Å². The number of rotatable bonds is 9. The molecule has 0 aliphatic rings. The van der Waals surface area contributed by atoms with Gasteiger partial charge in [-0.1, -0.05) is 34.5 Å². The zero-order valence-electron chi connectivity index (χ0n) is 17.2. The number of fused-ring (bicyclic) bond motifs is 1. The van der Waals surface area contributed by atoms with Crippen molar-refractivity contribution in [1.82, 2.24) is 9.88 Å². The molecule has 0 atom stereocenters. The summed E-state index contributed by atoms with van der Waals surface area (Å²) >= 11 is 13.3. The van der Waals surface area contributed by atoms with E-state index < -0.39 is 9.84 Å². The second-order valence-electron chi connectivity index (χ2n) is 7.33. The van der Waals surface area contributed by atoms with Gasteiger partial charge in [-0.05, 0) is 69.5 Å². The molecule has 166 valence electrons. The molecule has 0 aliphatic carbocycles. The van der Waals surface area contributed by atoms with Crippen LogP contribution in [0.1, 0.15) is 12.8 Å². The molecule has 0 fully saturated rings. The van der Waals surface area contributed by atoms with E-state index in [2.05, 4.69) is 4.98 Å². The van der Waals surface area contributed by atoms with Crippen molar-refractivity contribution in [2.45, 2.75) is 17.7 Å². The zero-order valence-corrected chi connectivity index (χ0v) is 20.4. The van der Waals surface area contributed by atoms with E-state index in [9.17, 15) is 13.2 Å². The Balaban J connectivity index is 1.78. The molecule has 0 unspecified atom stereocenters. The number of carbonyl (C=O) groups excluding carboxylic acids is 1. The van der Waals surface area contributed by atoms with Gasteiger partial charge in [0.1, 0.15) is 0 Å². The van der Waals surface area contributed by atoms with Crippen molar-refractivity contribution in [1.29, 1.82) is 0 Å². The summed E-state index contributed by atoms with van der Waals surface area (Å²) in [7, 11) is 0.325. The summed E-state index contributed by atoms with van der Waals surface area (Å²) in [6, 6.07) is 11.3. The van der Waals surface area contributed by atoms with Crippen molar-refractivity contribution in [3.63, 3.8) is 0 Å². The number of sulfone groups is 1. The van der Waals surface area contributed by atoms with E-state index in [1.54, 1.807) is 11.0 Å². The number of hydrogen-bond donors (Lipinski definition) is 0. The van der Waals surface area contributed by atoms with Crippen LogP contribution in [0.3, 0.4) is 0 Å². The largest absolute Gasteiger partial charge is 0.309 e. The van der Waals surface area contributed by atoms with E-state index in [1.807, 2.05) is 31.1 Å². The number of thiazole rings is 1. The van der Waals surface area contributed by atoms with Crippen LogP contribution in [0.25, 0.3) is 10.2 Å². The Hall–Kier alpha value is -1.71. The average Bonchev–Trinajstić information content (AvgIpc) is 3.12. The predicted octanol–water partition coefficient (Wildman–Crippen LogP) is 4.75. The van der Waals surface area contributed by atoms with Crippen molar-refractivity contribution in [2.75, 3.05) is 37.8 Å². The fourth-order valence-corrected chi connectivity index (χ4v) is 5.63. The third-order valence-electron chi connectivity index (χ3n) is 4.62. The molecule has 0 N–H and O–H groups in total. The van der Waals surface area contributed by atoms with E-state index in [1.165, 1.54) is 35.6 Å². The Morgan fingerprint density at radius 1 is 1.03 bits per heavy atom. The molecule has 0 radical (unpaired) electrons. The molecule has 6 nitrogen and oxygen atoms in total. The molecule has 1 amide bonds. The molecule has 0 saturated heterocycles. The maximum absolute atomic E-state index is 13.1. The zero-order chi connectivity index (χ0) is 22.6. The quantitative estimate of drug-likeness (QED) is 0.424. The highest BCUT2D eigenvalue weighted by atomic mass is 35.5. The van der Waals surface area contributed by atoms with Gasteiger partial charge in [-0.3, -0.25) is 9.69 Å². The van der Waals surface area contributed by atoms with Crippen LogP contribution in [0, 0.1) is 0 Å². The van der Waals surface area contributed by atoms with Crippen LogP contribution in [-0.4, -0.2) is 57.1 Å². The number of hydrogen-bond acceptors (Lipinski definition) is 6. The highest BCUT2D eigenvalue weighted by Gasteiger charge is 2.23. The van der Waals surface area contributed by atoms with Gasteiger partial charge >= 0.3 is 0 Å². The fraction of sp³-hybridized carbons (Fsp3) is 0.333. The van der Waals surface area contributed by atoms with E-state index in [4.69, 9.17) is 23.2 Å². The molecule has 0 spiro atoms. The Morgan fingerprint density at radius 2 is 1.71 bits per heavy atom. The lowest BCUT2D eigenvalue weighted by Crippen LogP contribution is -2.34. The Labute approximate surface area is 196 Å². The Bertz CT molecular complexity index is 1160. The molecule has 2 aromatic carbocycles. The first kappa shape index (κ1) is 23.9. The lowest BCUT2D eigenvalue weighted by molar-refractivity contribution is -0.118. The summed E-state index contributed by atoms with van der Waals surface area (Å²) in [6.45, 7) is 1.25.